The van der Waals surface area contributed by atoms with E-state index in [2.05, 4.69) is 11.8 Å². The first-order chi connectivity index (χ1) is 10.2. The van der Waals surface area contributed by atoms with Gasteiger partial charge in [-0.15, -0.1) is 0 Å². The Balaban J connectivity index is 2.12. The van der Waals surface area contributed by atoms with Crippen molar-refractivity contribution in [1.29, 1.82) is 0 Å². The smallest absolute Gasteiger partial charge is 0.307 e. The number of carbonyl (C=O) groups is 1. The van der Waals surface area contributed by atoms with Crippen LogP contribution in [-0.4, -0.2) is 36.1 Å². The molecule has 0 aromatic heterocycles. The van der Waals surface area contributed by atoms with Crippen LogP contribution in [0.25, 0.3) is 0 Å². The normalized spacial score (nSPS) is 25.0. The Morgan fingerprint density at radius 3 is 2.19 bits per heavy atom. The van der Waals surface area contributed by atoms with Crippen LogP contribution >= 0.6 is 0 Å². The highest BCUT2D eigenvalue weighted by atomic mass is 16.5. The maximum absolute atomic E-state index is 12.2. The zero-order chi connectivity index (χ0) is 15.1. The van der Waals surface area contributed by atoms with E-state index in [0.29, 0.717) is 18.9 Å². The Labute approximate surface area is 130 Å². The Morgan fingerprint density at radius 1 is 1.05 bits per heavy atom. The highest BCUT2D eigenvalue weighted by molar-refractivity contribution is 5.71. The molecule has 0 spiro atoms. The van der Waals surface area contributed by atoms with Gasteiger partial charge in [0.2, 0.25) is 0 Å². The topological polar surface area (TPSA) is 29.5 Å². The first-order valence-corrected chi connectivity index (χ1v) is 9.07. The van der Waals surface area contributed by atoms with Crippen LogP contribution < -0.4 is 0 Å². The number of carbonyl (C=O) groups excluding carboxylic acids is 1. The Morgan fingerprint density at radius 2 is 1.62 bits per heavy atom. The van der Waals surface area contributed by atoms with Crippen LogP contribution in [0.3, 0.4) is 0 Å². The van der Waals surface area contributed by atoms with Gasteiger partial charge in [-0.05, 0) is 58.5 Å². The third kappa shape index (κ3) is 4.45. The summed E-state index contributed by atoms with van der Waals surface area (Å²) in [4.78, 5) is 14.8. The average molecular weight is 295 g/mol. The summed E-state index contributed by atoms with van der Waals surface area (Å²) in [5.74, 6) is 0.656. The number of esters is 1. The van der Waals surface area contributed by atoms with Gasteiger partial charge in [-0.1, -0.05) is 32.1 Å². The van der Waals surface area contributed by atoms with E-state index in [1.54, 1.807) is 0 Å². The van der Waals surface area contributed by atoms with Gasteiger partial charge in [0.15, 0.2) is 0 Å². The van der Waals surface area contributed by atoms with Crippen LogP contribution in [0, 0.1) is 5.92 Å². The monoisotopic (exact) mass is 295 g/mol. The molecule has 1 aliphatic carbocycles. The van der Waals surface area contributed by atoms with Gasteiger partial charge in [-0.2, -0.15) is 0 Å². The van der Waals surface area contributed by atoms with E-state index in [4.69, 9.17) is 4.74 Å². The van der Waals surface area contributed by atoms with E-state index in [9.17, 15) is 4.79 Å². The molecule has 1 saturated carbocycles. The molecule has 21 heavy (non-hydrogen) atoms. The summed E-state index contributed by atoms with van der Waals surface area (Å²) in [7, 11) is 0. The molecule has 0 N–H and O–H groups in total. The Hall–Kier alpha value is -0.570. The van der Waals surface area contributed by atoms with Crippen molar-refractivity contribution < 1.29 is 9.53 Å². The zero-order valence-electron chi connectivity index (χ0n) is 14.0. The number of hydrogen-bond acceptors (Lipinski definition) is 3. The first kappa shape index (κ1) is 16.8. The molecule has 2 fully saturated rings. The second-order valence-electron chi connectivity index (χ2n) is 7.08. The largest absolute Gasteiger partial charge is 0.466 e. The number of rotatable bonds is 5. The van der Waals surface area contributed by atoms with Gasteiger partial charge in [-0.3, -0.25) is 9.69 Å². The standard InChI is InChI=1S/C18H33NO2/c1-3-21-17(20)15-18(2,16-11-7-6-8-12-16)19-13-9-4-5-10-14-19/h16H,3-15H2,1-2H3. The third-order valence-corrected chi connectivity index (χ3v) is 5.62. The molecule has 3 nitrogen and oxygen atoms in total. The van der Waals surface area contributed by atoms with Crippen molar-refractivity contribution in [3.05, 3.63) is 0 Å². The number of likely N-dealkylation sites (tertiary alicyclic amines) is 1. The molecule has 2 aliphatic rings. The van der Waals surface area contributed by atoms with E-state index < -0.39 is 0 Å². The predicted octanol–water partition coefficient (Wildman–Crippen LogP) is 4.15. The third-order valence-electron chi connectivity index (χ3n) is 5.62. The molecule has 122 valence electrons. The SMILES string of the molecule is CCOC(=O)CC(C)(C1CCCCC1)N1CCCCCC1. The molecule has 0 aromatic carbocycles. The lowest BCUT2D eigenvalue weighted by molar-refractivity contribution is -0.148. The van der Waals surface area contributed by atoms with Crippen LogP contribution in [0.5, 0.6) is 0 Å². The Kier molecular flexibility index (Phi) is 6.53. The predicted molar refractivity (Wildman–Crippen MR) is 86.3 cm³/mol. The van der Waals surface area contributed by atoms with Gasteiger partial charge < -0.3 is 4.74 Å². The molecule has 1 aliphatic heterocycles. The van der Waals surface area contributed by atoms with Crippen molar-refractivity contribution >= 4 is 5.97 Å². The fourth-order valence-corrected chi connectivity index (χ4v) is 4.32. The van der Waals surface area contributed by atoms with Crippen LogP contribution in [0.15, 0.2) is 0 Å². The van der Waals surface area contributed by atoms with Crippen LogP contribution in [0.1, 0.15) is 78.1 Å². The summed E-state index contributed by atoms with van der Waals surface area (Å²) in [6.07, 6.45) is 12.4. The summed E-state index contributed by atoms with van der Waals surface area (Å²) >= 11 is 0. The van der Waals surface area contributed by atoms with Gasteiger partial charge in [0, 0.05) is 5.54 Å². The maximum atomic E-state index is 12.2. The molecule has 0 bridgehead atoms. The van der Waals surface area contributed by atoms with Crippen molar-refractivity contribution in [1.82, 2.24) is 4.90 Å². The zero-order valence-corrected chi connectivity index (χ0v) is 14.0. The fourth-order valence-electron chi connectivity index (χ4n) is 4.32. The van der Waals surface area contributed by atoms with E-state index in [0.717, 1.165) is 13.1 Å². The lowest BCUT2D eigenvalue weighted by Crippen LogP contribution is -2.54. The molecule has 2 rings (SSSR count). The second-order valence-corrected chi connectivity index (χ2v) is 7.08. The first-order valence-electron chi connectivity index (χ1n) is 9.07. The molecule has 1 saturated heterocycles. The van der Waals surface area contributed by atoms with Crippen LogP contribution in [0.2, 0.25) is 0 Å². The van der Waals surface area contributed by atoms with Crippen molar-refractivity contribution in [2.24, 2.45) is 5.92 Å². The summed E-state index contributed by atoms with van der Waals surface area (Å²) in [6, 6.07) is 0. The van der Waals surface area contributed by atoms with Crippen LogP contribution in [-0.2, 0) is 9.53 Å². The molecule has 1 heterocycles. The number of hydrogen-bond donors (Lipinski definition) is 0. The summed E-state index contributed by atoms with van der Waals surface area (Å²) in [6.45, 7) is 7.06. The molecule has 0 aromatic rings. The molecular formula is C18H33NO2. The Bertz CT molecular complexity index is 317. The summed E-state index contributed by atoms with van der Waals surface area (Å²) < 4.78 is 5.28. The number of ether oxygens (including phenoxy) is 1. The minimum atomic E-state index is -0.00480. The van der Waals surface area contributed by atoms with E-state index in [1.807, 2.05) is 6.92 Å². The second kappa shape index (κ2) is 8.17. The van der Waals surface area contributed by atoms with Gasteiger partial charge in [0.1, 0.15) is 0 Å². The van der Waals surface area contributed by atoms with Crippen molar-refractivity contribution in [2.45, 2.75) is 83.6 Å². The minimum Gasteiger partial charge on any atom is -0.466 e. The average Bonchev–Trinajstić information content (AvgIpc) is 2.78. The fraction of sp³-hybridized carbons (Fsp3) is 0.944. The summed E-state index contributed by atoms with van der Waals surface area (Å²) in [5.41, 5.74) is 0.0109. The minimum absolute atomic E-state index is 0.00480. The van der Waals surface area contributed by atoms with Crippen molar-refractivity contribution in [2.75, 3.05) is 19.7 Å². The molecular weight excluding hydrogens is 262 g/mol. The van der Waals surface area contributed by atoms with Crippen molar-refractivity contribution in [3.8, 4) is 0 Å². The van der Waals surface area contributed by atoms with Gasteiger partial charge >= 0.3 is 5.97 Å². The van der Waals surface area contributed by atoms with Gasteiger partial charge in [0.05, 0.1) is 13.0 Å². The van der Waals surface area contributed by atoms with E-state index in [-0.39, 0.29) is 11.5 Å². The molecule has 0 amide bonds. The van der Waals surface area contributed by atoms with Gasteiger partial charge in [0.25, 0.3) is 0 Å². The quantitative estimate of drug-likeness (QED) is 0.713. The highest BCUT2D eigenvalue weighted by Gasteiger charge is 2.42. The molecule has 1 atom stereocenters. The summed E-state index contributed by atoms with van der Waals surface area (Å²) in [5, 5.41) is 0. The number of nitrogens with zero attached hydrogens (tertiary/aromatic N) is 1. The molecule has 1 unspecified atom stereocenters. The van der Waals surface area contributed by atoms with Crippen molar-refractivity contribution in [3.63, 3.8) is 0 Å². The lowest BCUT2D eigenvalue weighted by Gasteiger charge is -2.47. The molecule has 0 radical (unpaired) electrons. The lowest BCUT2D eigenvalue weighted by atomic mass is 9.72. The molecule has 3 heteroatoms. The van der Waals surface area contributed by atoms with Gasteiger partial charge in [-0.25, -0.2) is 0 Å². The highest BCUT2D eigenvalue weighted by Crippen LogP contribution is 2.39. The van der Waals surface area contributed by atoms with E-state index >= 15 is 0 Å². The van der Waals surface area contributed by atoms with E-state index in [1.165, 1.54) is 57.8 Å². The van der Waals surface area contributed by atoms with Crippen LogP contribution in [0.4, 0.5) is 0 Å². The maximum Gasteiger partial charge on any atom is 0.307 e.